The molecule has 1 aromatic heterocycles. The van der Waals surface area contributed by atoms with Crippen molar-refractivity contribution in [2.45, 2.75) is 36.6 Å². The van der Waals surface area contributed by atoms with Crippen molar-refractivity contribution in [3.05, 3.63) is 51.4 Å². The number of anilines is 1. The van der Waals surface area contributed by atoms with Crippen LogP contribution in [-0.2, 0) is 14.8 Å². The van der Waals surface area contributed by atoms with Gasteiger partial charge in [0.05, 0.1) is 35.0 Å². The molecule has 2 fully saturated rings. The van der Waals surface area contributed by atoms with Gasteiger partial charge in [0.25, 0.3) is 5.56 Å². The summed E-state index contributed by atoms with van der Waals surface area (Å²) in [7, 11) is -3.77. The first kappa shape index (κ1) is 28.1. The number of aromatic carboxylic acids is 1. The molecule has 0 radical (unpaired) electrons. The number of aromatic nitrogens is 2. The van der Waals surface area contributed by atoms with E-state index in [0.717, 1.165) is 19.4 Å². The minimum atomic E-state index is -3.77. The minimum absolute atomic E-state index is 0. The number of carboxylic acids is 1. The van der Waals surface area contributed by atoms with Gasteiger partial charge in [0.2, 0.25) is 10.0 Å². The third kappa shape index (κ3) is 6.46. The first-order chi connectivity index (χ1) is 16.3. The van der Waals surface area contributed by atoms with Crippen LogP contribution in [0.25, 0.3) is 0 Å². The molecule has 1 aromatic carbocycles. The zero-order valence-electron chi connectivity index (χ0n) is 18.5. The van der Waals surface area contributed by atoms with E-state index in [1.807, 2.05) is 0 Å². The molecule has 3 heterocycles. The second kappa shape index (κ2) is 12.2. The summed E-state index contributed by atoms with van der Waals surface area (Å²) in [5.41, 5.74) is 0.0976. The average Bonchev–Trinajstić information content (AvgIpc) is 2.86. The Morgan fingerprint density at radius 2 is 1.89 bits per heavy atom. The number of hydrogen-bond acceptors (Lipinski definition) is 7. The van der Waals surface area contributed by atoms with Crippen LogP contribution >= 0.6 is 11.6 Å². The van der Waals surface area contributed by atoms with Crippen LogP contribution in [0.2, 0.25) is 5.02 Å². The third-order valence-electron chi connectivity index (χ3n) is 6.29. The molecule has 0 aliphatic carbocycles. The number of carbonyl (C=O) groups is 1. The number of benzene rings is 1. The number of carboxylic acid groups (broad SMARTS) is 1. The molecular formula is C22H28ClN4NaO6S. The second-order valence-electron chi connectivity index (χ2n) is 8.55. The van der Waals surface area contributed by atoms with Crippen molar-refractivity contribution < 1.29 is 23.1 Å². The van der Waals surface area contributed by atoms with Crippen LogP contribution < -0.4 is 10.9 Å². The fourth-order valence-electron chi connectivity index (χ4n) is 4.30. The van der Waals surface area contributed by atoms with Gasteiger partial charge in [0, 0.05) is 26.2 Å². The molecule has 2 aliphatic rings. The zero-order chi connectivity index (χ0) is 24.3. The zero-order valence-corrected chi connectivity index (χ0v) is 20.1. The molecule has 2 aliphatic heterocycles. The Kier molecular flexibility index (Phi) is 9.78. The average molecular weight is 535 g/mol. The number of sulfonamides is 1. The van der Waals surface area contributed by atoms with Crippen LogP contribution in [0.5, 0.6) is 0 Å². The van der Waals surface area contributed by atoms with Crippen molar-refractivity contribution in [3.8, 4) is 0 Å². The summed E-state index contributed by atoms with van der Waals surface area (Å²) >= 11 is 6.34. The third-order valence-corrected chi connectivity index (χ3v) is 8.57. The Bertz CT molecular complexity index is 1190. The maximum atomic E-state index is 12.9. The van der Waals surface area contributed by atoms with Gasteiger partial charge >= 0.3 is 35.5 Å². The molecule has 13 heteroatoms. The fourth-order valence-corrected chi connectivity index (χ4v) is 5.97. The summed E-state index contributed by atoms with van der Waals surface area (Å²) in [6.07, 6.45) is 4.42. The molecule has 0 bridgehead atoms. The van der Waals surface area contributed by atoms with Gasteiger partial charge in [0.1, 0.15) is 5.02 Å². The molecule has 4 rings (SSSR count). The van der Waals surface area contributed by atoms with Crippen molar-refractivity contribution in [1.29, 1.82) is 0 Å². The van der Waals surface area contributed by atoms with Crippen molar-refractivity contribution in [3.63, 3.8) is 0 Å². The van der Waals surface area contributed by atoms with E-state index in [1.54, 1.807) is 6.20 Å². The molecule has 2 N–H and O–H groups in total. The molecule has 0 amide bonds. The van der Waals surface area contributed by atoms with Gasteiger partial charge in [-0.05, 0) is 55.9 Å². The summed E-state index contributed by atoms with van der Waals surface area (Å²) in [4.78, 5) is 23.9. The number of nitrogens with zero attached hydrogens (tertiary/aromatic N) is 3. The van der Waals surface area contributed by atoms with E-state index in [2.05, 4.69) is 10.4 Å². The number of rotatable bonds is 7. The molecule has 1 atom stereocenters. The monoisotopic (exact) mass is 534 g/mol. The first-order valence-corrected chi connectivity index (χ1v) is 13.0. The topological polar surface area (TPSA) is 131 Å². The van der Waals surface area contributed by atoms with E-state index in [1.165, 1.54) is 33.3 Å². The molecule has 0 spiro atoms. The van der Waals surface area contributed by atoms with E-state index in [4.69, 9.17) is 21.4 Å². The molecule has 0 saturated carbocycles. The number of halogens is 1. The van der Waals surface area contributed by atoms with E-state index in [9.17, 15) is 18.0 Å². The van der Waals surface area contributed by atoms with Gasteiger partial charge in [-0.2, -0.15) is 9.40 Å². The quantitative estimate of drug-likeness (QED) is 0.514. The Morgan fingerprint density at radius 1 is 1.20 bits per heavy atom. The molecule has 2 saturated heterocycles. The van der Waals surface area contributed by atoms with Crippen LogP contribution in [0.3, 0.4) is 0 Å². The summed E-state index contributed by atoms with van der Waals surface area (Å²) in [6.45, 7) is 2.53. The van der Waals surface area contributed by atoms with Crippen LogP contribution in [0.4, 0.5) is 5.69 Å². The maximum absolute atomic E-state index is 12.9. The standard InChI is InChI=1S/C22H27ClN4O6S.Na.H/c23-20-19(24-12-15-2-1-11-33-14-15)13-25-27(21(20)28)17-7-9-26(10-8-17)34(31,32)18-5-3-16(4-6-18)22(29)30;;/h3-6,13,15,17,24H,1-2,7-12,14H2,(H,29,30);;/t15-;;/m1../s1. The van der Waals surface area contributed by atoms with E-state index >= 15 is 0 Å². The van der Waals surface area contributed by atoms with E-state index < -0.39 is 21.6 Å². The summed E-state index contributed by atoms with van der Waals surface area (Å²) < 4.78 is 34.0. The van der Waals surface area contributed by atoms with Gasteiger partial charge in [-0.25, -0.2) is 17.9 Å². The van der Waals surface area contributed by atoms with Gasteiger partial charge in [-0.3, -0.25) is 4.79 Å². The Hall–Kier alpha value is -1.47. The summed E-state index contributed by atoms with van der Waals surface area (Å²) in [5.74, 6) is -0.760. The Morgan fingerprint density at radius 3 is 2.49 bits per heavy atom. The van der Waals surface area contributed by atoms with Crippen molar-refractivity contribution in [2.24, 2.45) is 5.92 Å². The predicted octanol–water partition coefficient (Wildman–Crippen LogP) is 1.81. The molecule has 0 unspecified atom stereocenters. The van der Waals surface area contributed by atoms with Gasteiger partial charge in [-0.15, -0.1) is 0 Å². The van der Waals surface area contributed by atoms with E-state index in [-0.39, 0.29) is 64.2 Å². The van der Waals surface area contributed by atoms with Crippen LogP contribution in [0, 0.1) is 5.92 Å². The van der Waals surface area contributed by atoms with Gasteiger partial charge in [-0.1, -0.05) is 11.6 Å². The number of ether oxygens (including phenoxy) is 1. The van der Waals surface area contributed by atoms with E-state index in [0.29, 0.717) is 37.6 Å². The number of piperidine rings is 1. The predicted molar refractivity (Wildman–Crippen MR) is 133 cm³/mol. The van der Waals surface area contributed by atoms with Crippen LogP contribution in [-0.4, -0.2) is 96.0 Å². The second-order valence-corrected chi connectivity index (χ2v) is 10.9. The van der Waals surface area contributed by atoms with Crippen LogP contribution in [0.15, 0.2) is 40.2 Å². The summed E-state index contributed by atoms with van der Waals surface area (Å²) in [6, 6.07) is 4.85. The Balaban J connectivity index is 0.00000342. The number of nitrogens with one attached hydrogen (secondary N) is 1. The molecule has 35 heavy (non-hydrogen) atoms. The normalized spacial score (nSPS) is 19.6. The van der Waals surface area contributed by atoms with Gasteiger partial charge < -0.3 is 15.2 Å². The Labute approximate surface area is 230 Å². The molecular weight excluding hydrogens is 507 g/mol. The SMILES string of the molecule is O=C(O)c1ccc(S(=O)(=O)N2CCC(n3ncc(NC[C@H]4CCCOC4)c(Cl)c3=O)CC2)cc1.[NaH]. The first-order valence-electron chi connectivity index (χ1n) is 11.2. The molecule has 2 aromatic rings. The van der Waals surface area contributed by atoms with Gasteiger partial charge in [0.15, 0.2) is 0 Å². The summed E-state index contributed by atoms with van der Waals surface area (Å²) in [5, 5.41) is 16.6. The molecule has 10 nitrogen and oxygen atoms in total. The van der Waals surface area contributed by atoms with Crippen molar-refractivity contribution in [2.75, 3.05) is 38.2 Å². The van der Waals surface area contributed by atoms with Crippen LogP contribution in [0.1, 0.15) is 42.1 Å². The molecule has 186 valence electrons. The van der Waals surface area contributed by atoms with Crippen molar-refractivity contribution in [1.82, 2.24) is 14.1 Å². The number of hydrogen-bond donors (Lipinski definition) is 2. The van der Waals surface area contributed by atoms with Crippen molar-refractivity contribution >= 4 is 62.8 Å². The fraction of sp³-hybridized carbons (Fsp3) is 0.500.